The van der Waals surface area contributed by atoms with Crippen molar-refractivity contribution in [3.8, 4) is 5.75 Å². The monoisotopic (exact) mass is 387 g/mol. The summed E-state index contributed by atoms with van der Waals surface area (Å²) in [6.07, 6.45) is 0.479. The van der Waals surface area contributed by atoms with Crippen LogP contribution in [0.2, 0.25) is 5.02 Å². The van der Waals surface area contributed by atoms with Crippen molar-refractivity contribution in [2.45, 2.75) is 27.2 Å². The van der Waals surface area contributed by atoms with E-state index in [1.807, 2.05) is 32.9 Å². The molecule has 0 aliphatic carbocycles. The summed E-state index contributed by atoms with van der Waals surface area (Å²) in [5, 5.41) is 3.41. The minimum atomic E-state index is -0.452. The minimum Gasteiger partial charge on any atom is -0.492 e. The van der Waals surface area contributed by atoms with Crippen molar-refractivity contribution < 1.29 is 19.1 Å². The molecule has 3 rings (SSSR count). The highest BCUT2D eigenvalue weighted by Gasteiger charge is 2.28. The third-order valence-corrected chi connectivity index (χ3v) is 4.78. The highest BCUT2D eigenvalue weighted by atomic mass is 35.5. The summed E-state index contributed by atoms with van der Waals surface area (Å²) >= 11 is 5.99. The molecule has 2 aromatic carbocycles. The van der Waals surface area contributed by atoms with Gasteiger partial charge >= 0.3 is 5.97 Å². The van der Waals surface area contributed by atoms with E-state index in [0.29, 0.717) is 11.4 Å². The quantitative estimate of drug-likeness (QED) is 0.805. The first-order chi connectivity index (χ1) is 12.8. The van der Waals surface area contributed by atoms with Gasteiger partial charge in [0.25, 0.3) is 5.91 Å². The van der Waals surface area contributed by atoms with Gasteiger partial charge in [0.2, 0.25) is 0 Å². The van der Waals surface area contributed by atoms with Crippen LogP contribution in [0.15, 0.2) is 30.3 Å². The van der Waals surface area contributed by atoms with Crippen LogP contribution in [-0.4, -0.2) is 25.1 Å². The van der Waals surface area contributed by atoms with Crippen LogP contribution >= 0.6 is 11.6 Å². The van der Waals surface area contributed by atoms with E-state index in [-0.39, 0.29) is 19.1 Å². The standard InChI is InChI=1S/C21H22ClNO4/c1-12-6-13(2)20(14(3)7-12)23-19(24)11-27-21(25)16-8-15-9-17(22)4-5-18(15)26-10-16/h4-7,9,16H,8,10-11H2,1-3H3,(H,23,24). The van der Waals surface area contributed by atoms with Gasteiger partial charge in [0.1, 0.15) is 12.4 Å². The van der Waals surface area contributed by atoms with Gasteiger partial charge in [-0.1, -0.05) is 29.3 Å². The zero-order valence-electron chi connectivity index (χ0n) is 15.6. The fourth-order valence-electron chi connectivity index (χ4n) is 3.32. The number of nitrogens with one attached hydrogen (secondary N) is 1. The van der Waals surface area contributed by atoms with Gasteiger partial charge < -0.3 is 14.8 Å². The number of hydrogen-bond acceptors (Lipinski definition) is 4. The molecule has 0 spiro atoms. The molecule has 0 radical (unpaired) electrons. The number of benzene rings is 2. The van der Waals surface area contributed by atoms with Crippen molar-refractivity contribution >= 4 is 29.2 Å². The molecule has 27 heavy (non-hydrogen) atoms. The van der Waals surface area contributed by atoms with Gasteiger partial charge in [0, 0.05) is 10.7 Å². The molecule has 0 fully saturated rings. The molecule has 5 nitrogen and oxygen atoms in total. The molecule has 0 aromatic heterocycles. The second kappa shape index (κ2) is 8.01. The first kappa shape index (κ1) is 19.2. The number of carbonyl (C=O) groups excluding carboxylic acids is 2. The van der Waals surface area contributed by atoms with Crippen LogP contribution in [0.5, 0.6) is 5.75 Å². The average molecular weight is 388 g/mol. The Labute approximate surface area is 163 Å². The highest BCUT2D eigenvalue weighted by molar-refractivity contribution is 6.30. The maximum atomic E-state index is 12.3. The molecule has 1 unspecified atom stereocenters. The second-order valence-corrected chi connectivity index (χ2v) is 7.33. The molecule has 1 heterocycles. The maximum Gasteiger partial charge on any atom is 0.313 e. The Morgan fingerprint density at radius 2 is 1.89 bits per heavy atom. The van der Waals surface area contributed by atoms with E-state index in [9.17, 15) is 9.59 Å². The topological polar surface area (TPSA) is 64.6 Å². The lowest BCUT2D eigenvalue weighted by Gasteiger charge is -2.24. The van der Waals surface area contributed by atoms with Crippen LogP contribution in [0.3, 0.4) is 0 Å². The van der Waals surface area contributed by atoms with Crippen LogP contribution in [-0.2, 0) is 20.7 Å². The number of anilines is 1. The minimum absolute atomic E-state index is 0.227. The van der Waals surface area contributed by atoms with E-state index in [2.05, 4.69) is 5.32 Å². The lowest BCUT2D eigenvalue weighted by Crippen LogP contribution is -2.32. The fraction of sp³-hybridized carbons (Fsp3) is 0.333. The Morgan fingerprint density at radius 1 is 1.19 bits per heavy atom. The van der Waals surface area contributed by atoms with Crippen LogP contribution in [0.25, 0.3) is 0 Å². The largest absolute Gasteiger partial charge is 0.492 e. The van der Waals surface area contributed by atoms with Crippen molar-refractivity contribution in [3.05, 3.63) is 57.6 Å². The summed E-state index contributed by atoms with van der Waals surface area (Å²) in [7, 11) is 0. The van der Waals surface area contributed by atoms with Crippen molar-refractivity contribution in [2.75, 3.05) is 18.5 Å². The molecule has 0 bridgehead atoms. The third-order valence-electron chi connectivity index (χ3n) is 4.55. The zero-order valence-corrected chi connectivity index (χ0v) is 16.4. The normalized spacial score (nSPS) is 15.5. The van der Waals surface area contributed by atoms with Crippen LogP contribution in [0.1, 0.15) is 22.3 Å². The molecule has 1 N–H and O–H groups in total. The number of amides is 1. The molecule has 142 valence electrons. The van der Waals surface area contributed by atoms with E-state index in [1.54, 1.807) is 18.2 Å². The summed E-state index contributed by atoms with van der Waals surface area (Å²) in [4.78, 5) is 24.5. The smallest absolute Gasteiger partial charge is 0.313 e. The van der Waals surface area contributed by atoms with Gasteiger partial charge in [-0.3, -0.25) is 9.59 Å². The SMILES string of the molecule is Cc1cc(C)c(NC(=O)COC(=O)C2COc3ccc(Cl)cc3C2)c(C)c1. The summed E-state index contributed by atoms with van der Waals surface area (Å²) in [5.41, 5.74) is 4.70. The number of aryl methyl sites for hydroxylation is 3. The number of halogens is 1. The number of hydrogen-bond donors (Lipinski definition) is 1. The van der Waals surface area contributed by atoms with Crippen LogP contribution in [0, 0.1) is 26.7 Å². The molecule has 0 saturated carbocycles. The van der Waals surface area contributed by atoms with E-state index < -0.39 is 11.9 Å². The molecule has 6 heteroatoms. The van der Waals surface area contributed by atoms with Crippen molar-refractivity contribution in [2.24, 2.45) is 5.92 Å². The summed E-state index contributed by atoms with van der Waals surface area (Å²) < 4.78 is 10.8. The average Bonchev–Trinajstić information content (AvgIpc) is 2.62. The first-order valence-electron chi connectivity index (χ1n) is 8.79. The van der Waals surface area contributed by atoms with Crippen LogP contribution < -0.4 is 10.1 Å². The molecule has 0 saturated heterocycles. The number of fused-ring (bicyclic) bond motifs is 1. The molecule has 1 atom stereocenters. The van der Waals surface area contributed by atoms with Gasteiger partial charge in [-0.15, -0.1) is 0 Å². The third kappa shape index (κ3) is 4.61. The van der Waals surface area contributed by atoms with Gasteiger partial charge in [-0.05, 0) is 62.1 Å². The number of carbonyl (C=O) groups is 2. The summed E-state index contributed by atoms with van der Waals surface area (Å²) in [5.74, 6) is -0.537. The zero-order chi connectivity index (χ0) is 19.6. The predicted octanol–water partition coefficient (Wildman–Crippen LogP) is 4.00. The number of esters is 1. The van der Waals surface area contributed by atoms with Gasteiger partial charge in [-0.2, -0.15) is 0 Å². The highest BCUT2D eigenvalue weighted by Crippen LogP contribution is 2.30. The predicted molar refractivity (Wildman–Crippen MR) is 104 cm³/mol. The summed E-state index contributed by atoms with van der Waals surface area (Å²) in [6.45, 7) is 5.77. The maximum absolute atomic E-state index is 12.3. The molecule has 1 amide bonds. The van der Waals surface area contributed by atoms with Crippen molar-refractivity contribution in [1.29, 1.82) is 0 Å². The number of ether oxygens (including phenoxy) is 2. The molecular formula is C21H22ClNO4. The Morgan fingerprint density at radius 3 is 2.59 bits per heavy atom. The van der Waals surface area contributed by atoms with Gasteiger partial charge in [0.05, 0.1) is 5.92 Å². The van der Waals surface area contributed by atoms with E-state index >= 15 is 0 Å². The lowest BCUT2D eigenvalue weighted by molar-refractivity contribution is -0.152. The van der Waals surface area contributed by atoms with E-state index in [0.717, 1.165) is 33.7 Å². The van der Waals surface area contributed by atoms with Crippen molar-refractivity contribution in [3.63, 3.8) is 0 Å². The van der Waals surface area contributed by atoms with E-state index in [1.165, 1.54) is 0 Å². The molecular weight excluding hydrogens is 366 g/mol. The Balaban J connectivity index is 1.56. The fourth-order valence-corrected chi connectivity index (χ4v) is 3.52. The van der Waals surface area contributed by atoms with Gasteiger partial charge in [-0.25, -0.2) is 0 Å². The Kier molecular flexibility index (Phi) is 5.71. The Bertz CT molecular complexity index is 871. The van der Waals surface area contributed by atoms with Crippen molar-refractivity contribution in [1.82, 2.24) is 0 Å². The molecule has 1 aliphatic rings. The molecule has 1 aliphatic heterocycles. The van der Waals surface area contributed by atoms with E-state index in [4.69, 9.17) is 21.1 Å². The molecule has 2 aromatic rings. The van der Waals surface area contributed by atoms with Crippen LogP contribution in [0.4, 0.5) is 5.69 Å². The van der Waals surface area contributed by atoms with Gasteiger partial charge in [0.15, 0.2) is 6.61 Å². The Hall–Kier alpha value is -2.53. The number of rotatable bonds is 4. The lowest BCUT2D eigenvalue weighted by atomic mass is 9.97. The summed E-state index contributed by atoms with van der Waals surface area (Å²) in [6, 6.07) is 9.32. The first-order valence-corrected chi connectivity index (χ1v) is 9.17. The second-order valence-electron chi connectivity index (χ2n) is 6.89.